The fourth-order valence-corrected chi connectivity index (χ4v) is 4.51. The van der Waals surface area contributed by atoms with E-state index in [0.717, 1.165) is 31.8 Å². The van der Waals surface area contributed by atoms with Crippen LogP contribution in [0.2, 0.25) is 0 Å². The normalized spacial score (nSPS) is 19.5. The molecule has 2 nitrogen and oxygen atoms in total. The van der Waals surface area contributed by atoms with Gasteiger partial charge in [0.05, 0.1) is 0 Å². The molecule has 0 N–H and O–H groups in total. The number of rotatable bonds is 15. The lowest BCUT2D eigenvalue weighted by molar-refractivity contribution is -0.130. The maximum absolute atomic E-state index is 11.9. The molecule has 1 saturated heterocycles. The summed E-state index contributed by atoms with van der Waals surface area (Å²) < 4.78 is 0. The highest BCUT2D eigenvalue weighted by molar-refractivity contribution is 5.76. The number of amides is 1. The SMILES string of the molecule is O=C(CCCCCCCCCCCCCCC1C=CCC1)N1CCCC1. The van der Waals surface area contributed by atoms with Crippen molar-refractivity contribution in [2.24, 2.45) is 5.92 Å². The average molecular weight is 362 g/mol. The highest BCUT2D eigenvalue weighted by atomic mass is 16.2. The molecular weight excluding hydrogens is 318 g/mol. The Morgan fingerprint density at radius 2 is 1.31 bits per heavy atom. The van der Waals surface area contributed by atoms with Crippen molar-refractivity contribution in [1.29, 1.82) is 0 Å². The van der Waals surface area contributed by atoms with Gasteiger partial charge in [-0.3, -0.25) is 4.79 Å². The van der Waals surface area contributed by atoms with Gasteiger partial charge in [0, 0.05) is 19.5 Å². The molecule has 1 atom stereocenters. The van der Waals surface area contributed by atoms with Crippen LogP contribution in [0.4, 0.5) is 0 Å². The highest BCUT2D eigenvalue weighted by Crippen LogP contribution is 2.23. The molecule has 1 fully saturated rings. The second-order valence-electron chi connectivity index (χ2n) is 8.63. The van der Waals surface area contributed by atoms with Crippen molar-refractivity contribution in [3.8, 4) is 0 Å². The molecule has 0 aromatic rings. The van der Waals surface area contributed by atoms with Crippen molar-refractivity contribution in [2.75, 3.05) is 13.1 Å². The molecule has 0 saturated carbocycles. The Morgan fingerprint density at radius 1 is 0.769 bits per heavy atom. The van der Waals surface area contributed by atoms with Crippen LogP contribution >= 0.6 is 0 Å². The number of hydrogen-bond acceptors (Lipinski definition) is 1. The van der Waals surface area contributed by atoms with E-state index in [1.165, 1.54) is 103 Å². The van der Waals surface area contributed by atoms with Crippen LogP contribution in [-0.2, 0) is 4.79 Å². The van der Waals surface area contributed by atoms with E-state index in [4.69, 9.17) is 0 Å². The van der Waals surface area contributed by atoms with Gasteiger partial charge in [0.2, 0.25) is 5.91 Å². The zero-order valence-electron chi connectivity index (χ0n) is 17.2. The second kappa shape index (κ2) is 14.3. The maximum Gasteiger partial charge on any atom is 0.222 e. The van der Waals surface area contributed by atoms with E-state index in [1.807, 2.05) is 0 Å². The summed E-state index contributed by atoms with van der Waals surface area (Å²) in [6, 6.07) is 0. The summed E-state index contributed by atoms with van der Waals surface area (Å²) in [6.45, 7) is 2.02. The first-order valence-corrected chi connectivity index (χ1v) is 11.8. The molecule has 0 aromatic carbocycles. The van der Waals surface area contributed by atoms with Crippen LogP contribution in [0.15, 0.2) is 12.2 Å². The third kappa shape index (κ3) is 9.78. The summed E-state index contributed by atoms with van der Waals surface area (Å²) in [7, 11) is 0. The van der Waals surface area contributed by atoms with Crippen LogP contribution in [-0.4, -0.2) is 23.9 Å². The summed E-state index contributed by atoms with van der Waals surface area (Å²) in [6.07, 6.45) is 28.7. The van der Waals surface area contributed by atoms with Gasteiger partial charge in [-0.2, -0.15) is 0 Å². The zero-order chi connectivity index (χ0) is 18.3. The molecule has 150 valence electrons. The van der Waals surface area contributed by atoms with Crippen LogP contribution in [0.1, 0.15) is 116 Å². The maximum atomic E-state index is 11.9. The Hall–Kier alpha value is -0.790. The lowest BCUT2D eigenvalue weighted by Gasteiger charge is -2.14. The lowest BCUT2D eigenvalue weighted by Crippen LogP contribution is -2.27. The molecule has 2 rings (SSSR count). The summed E-state index contributed by atoms with van der Waals surface area (Å²) in [5.41, 5.74) is 0. The van der Waals surface area contributed by atoms with Gasteiger partial charge in [-0.1, -0.05) is 82.8 Å². The first-order valence-electron chi connectivity index (χ1n) is 11.8. The van der Waals surface area contributed by atoms with Gasteiger partial charge in [0.1, 0.15) is 0 Å². The predicted octanol–water partition coefficient (Wildman–Crippen LogP) is 7.04. The van der Waals surface area contributed by atoms with Crippen molar-refractivity contribution >= 4 is 5.91 Å². The van der Waals surface area contributed by atoms with Crippen molar-refractivity contribution in [1.82, 2.24) is 4.90 Å². The summed E-state index contributed by atoms with van der Waals surface area (Å²) in [4.78, 5) is 14.0. The van der Waals surface area contributed by atoms with Crippen molar-refractivity contribution in [3.05, 3.63) is 12.2 Å². The van der Waals surface area contributed by atoms with E-state index in [0.29, 0.717) is 5.91 Å². The minimum atomic E-state index is 0.405. The van der Waals surface area contributed by atoms with Crippen LogP contribution in [0.5, 0.6) is 0 Å². The quantitative estimate of drug-likeness (QED) is 0.226. The fraction of sp³-hybridized carbons (Fsp3) is 0.875. The van der Waals surface area contributed by atoms with Crippen LogP contribution in [0.25, 0.3) is 0 Å². The van der Waals surface area contributed by atoms with Crippen molar-refractivity contribution in [2.45, 2.75) is 116 Å². The van der Waals surface area contributed by atoms with E-state index in [9.17, 15) is 4.79 Å². The number of carbonyl (C=O) groups excluding carboxylic acids is 1. The molecule has 1 aliphatic carbocycles. The second-order valence-corrected chi connectivity index (χ2v) is 8.63. The summed E-state index contributed by atoms with van der Waals surface area (Å²) in [5, 5.41) is 0. The molecular formula is C24H43NO. The van der Waals surface area contributed by atoms with Gasteiger partial charge in [0.25, 0.3) is 0 Å². The molecule has 1 aliphatic heterocycles. The van der Waals surface area contributed by atoms with Crippen LogP contribution in [0, 0.1) is 5.92 Å². The predicted molar refractivity (Wildman–Crippen MR) is 112 cm³/mol. The number of likely N-dealkylation sites (tertiary alicyclic amines) is 1. The smallest absolute Gasteiger partial charge is 0.222 e. The van der Waals surface area contributed by atoms with Gasteiger partial charge < -0.3 is 4.90 Å². The molecule has 0 radical (unpaired) electrons. The Labute approximate surface area is 162 Å². The summed E-state index contributed by atoms with van der Waals surface area (Å²) in [5.74, 6) is 1.32. The van der Waals surface area contributed by atoms with Crippen molar-refractivity contribution in [3.63, 3.8) is 0 Å². The lowest BCUT2D eigenvalue weighted by atomic mass is 9.99. The van der Waals surface area contributed by atoms with Crippen molar-refractivity contribution < 1.29 is 4.79 Å². The molecule has 1 heterocycles. The van der Waals surface area contributed by atoms with Crippen LogP contribution < -0.4 is 0 Å². The van der Waals surface area contributed by atoms with Gasteiger partial charge in [-0.25, -0.2) is 0 Å². The van der Waals surface area contributed by atoms with E-state index in [1.54, 1.807) is 0 Å². The minimum Gasteiger partial charge on any atom is -0.343 e. The molecule has 26 heavy (non-hydrogen) atoms. The largest absolute Gasteiger partial charge is 0.343 e. The molecule has 2 aliphatic rings. The minimum absolute atomic E-state index is 0.405. The Bertz CT molecular complexity index is 384. The molecule has 2 heteroatoms. The molecule has 1 unspecified atom stereocenters. The third-order valence-corrected chi connectivity index (χ3v) is 6.29. The highest BCUT2D eigenvalue weighted by Gasteiger charge is 2.16. The third-order valence-electron chi connectivity index (χ3n) is 6.29. The van der Waals surface area contributed by atoms with Gasteiger partial charge in [-0.05, 0) is 44.4 Å². The van der Waals surface area contributed by atoms with E-state index in [2.05, 4.69) is 17.1 Å². The number of nitrogens with zero attached hydrogens (tertiary/aromatic N) is 1. The monoisotopic (exact) mass is 361 g/mol. The Kier molecular flexibility index (Phi) is 11.8. The number of unbranched alkanes of at least 4 members (excludes halogenated alkanes) is 11. The zero-order valence-corrected chi connectivity index (χ0v) is 17.2. The van der Waals surface area contributed by atoms with Gasteiger partial charge in [0.15, 0.2) is 0 Å². The van der Waals surface area contributed by atoms with E-state index < -0.39 is 0 Å². The number of allylic oxidation sites excluding steroid dienone is 2. The first-order chi connectivity index (χ1) is 12.9. The number of carbonyl (C=O) groups is 1. The number of hydrogen-bond donors (Lipinski definition) is 0. The fourth-order valence-electron chi connectivity index (χ4n) is 4.51. The topological polar surface area (TPSA) is 20.3 Å². The molecule has 0 spiro atoms. The summed E-state index contributed by atoms with van der Waals surface area (Å²) >= 11 is 0. The molecule has 0 bridgehead atoms. The Balaban J connectivity index is 1.24. The first kappa shape index (κ1) is 21.5. The van der Waals surface area contributed by atoms with Gasteiger partial charge in [-0.15, -0.1) is 0 Å². The van der Waals surface area contributed by atoms with Gasteiger partial charge >= 0.3 is 0 Å². The van der Waals surface area contributed by atoms with E-state index >= 15 is 0 Å². The van der Waals surface area contributed by atoms with Crippen LogP contribution in [0.3, 0.4) is 0 Å². The van der Waals surface area contributed by atoms with E-state index in [-0.39, 0.29) is 0 Å². The Morgan fingerprint density at radius 3 is 1.85 bits per heavy atom. The standard InChI is InChI=1S/C24H43NO/c26-24(25-21-15-16-22-25)20-12-10-8-6-4-2-1-3-5-7-9-11-17-23-18-13-14-19-23/h13,18,23H,1-12,14-17,19-22H2. The average Bonchev–Trinajstić information content (AvgIpc) is 3.35. The molecule has 0 aromatic heterocycles. The molecule has 1 amide bonds.